The minimum atomic E-state index is 0.116. The van der Waals surface area contributed by atoms with E-state index in [4.69, 9.17) is 4.98 Å². The molecule has 0 unspecified atom stereocenters. The van der Waals surface area contributed by atoms with Crippen molar-refractivity contribution in [2.45, 2.75) is 18.8 Å². The van der Waals surface area contributed by atoms with Gasteiger partial charge in [0.25, 0.3) is 0 Å². The molecule has 2 aromatic heterocycles. The van der Waals surface area contributed by atoms with Gasteiger partial charge in [-0.05, 0) is 24.5 Å². The highest BCUT2D eigenvalue weighted by molar-refractivity contribution is 6.07. The highest BCUT2D eigenvalue weighted by atomic mass is 16.2. The molecule has 0 bridgehead atoms. The number of anilines is 2. The molecule has 6 nitrogen and oxygen atoms in total. The lowest BCUT2D eigenvalue weighted by atomic mass is 9.94. The van der Waals surface area contributed by atoms with Crippen molar-refractivity contribution in [1.29, 1.82) is 0 Å². The van der Waals surface area contributed by atoms with E-state index in [1.54, 1.807) is 0 Å². The highest BCUT2D eigenvalue weighted by Crippen LogP contribution is 2.59. The Labute approximate surface area is 163 Å². The molecule has 6 rings (SSSR count). The first kappa shape index (κ1) is 16.1. The molecule has 1 aromatic carbocycles. The van der Waals surface area contributed by atoms with Crippen LogP contribution in [0.4, 0.5) is 11.5 Å². The predicted molar refractivity (Wildman–Crippen MR) is 111 cm³/mol. The minimum absolute atomic E-state index is 0.116. The van der Waals surface area contributed by atoms with E-state index in [0.29, 0.717) is 19.0 Å². The Balaban J connectivity index is 1.46. The standard InChI is InChI=1S/C22H23N5O/c1-13-8-22(13)12-26-21-17(22)7-14(9-25-21)16-10-24-20-15(16)3-2-4-18(20)27-6-5-23-11-19(27)28/h2-4,7,9-10,13,23-24H,5-6,8,11-12H2,1H3,(H,25,26)/t13-,22+/m0/s1. The number of fused-ring (bicyclic) bond motifs is 3. The maximum atomic E-state index is 12.4. The Bertz CT molecular complexity index is 1120. The zero-order valence-electron chi connectivity index (χ0n) is 15.9. The van der Waals surface area contributed by atoms with Crippen molar-refractivity contribution >= 4 is 28.3 Å². The van der Waals surface area contributed by atoms with Crippen LogP contribution >= 0.6 is 0 Å². The Hall–Kier alpha value is -2.86. The number of carbonyl (C=O) groups is 1. The number of rotatable bonds is 2. The van der Waals surface area contributed by atoms with Gasteiger partial charge >= 0.3 is 0 Å². The number of piperazine rings is 1. The molecule has 1 amide bonds. The summed E-state index contributed by atoms with van der Waals surface area (Å²) < 4.78 is 0. The van der Waals surface area contributed by atoms with Gasteiger partial charge in [-0.3, -0.25) is 4.79 Å². The first-order valence-electron chi connectivity index (χ1n) is 10.0. The monoisotopic (exact) mass is 373 g/mol. The Kier molecular flexibility index (Phi) is 3.21. The number of hydrogen-bond acceptors (Lipinski definition) is 4. The molecule has 3 aliphatic rings. The highest BCUT2D eigenvalue weighted by Gasteiger charge is 2.56. The molecule has 3 N–H and O–H groups in total. The molecule has 1 saturated heterocycles. The van der Waals surface area contributed by atoms with Crippen molar-refractivity contribution in [3.8, 4) is 11.1 Å². The molecular weight excluding hydrogens is 350 g/mol. The smallest absolute Gasteiger partial charge is 0.241 e. The maximum absolute atomic E-state index is 12.4. The molecule has 28 heavy (non-hydrogen) atoms. The van der Waals surface area contributed by atoms with Crippen LogP contribution in [-0.2, 0) is 10.2 Å². The fourth-order valence-corrected chi connectivity index (χ4v) is 5.04. The third kappa shape index (κ3) is 2.12. The number of benzene rings is 1. The molecule has 142 valence electrons. The molecule has 1 spiro atoms. The van der Waals surface area contributed by atoms with Crippen molar-refractivity contribution in [3.63, 3.8) is 0 Å². The maximum Gasteiger partial charge on any atom is 0.241 e. The first-order chi connectivity index (χ1) is 13.7. The van der Waals surface area contributed by atoms with Gasteiger partial charge in [-0.25, -0.2) is 4.98 Å². The first-order valence-corrected chi connectivity index (χ1v) is 10.0. The zero-order chi connectivity index (χ0) is 18.9. The summed E-state index contributed by atoms with van der Waals surface area (Å²) >= 11 is 0. The van der Waals surface area contributed by atoms with Gasteiger partial charge in [-0.1, -0.05) is 19.1 Å². The lowest BCUT2D eigenvalue weighted by Gasteiger charge is -2.27. The minimum Gasteiger partial charge on any atom is -0.369 e. The summed E-state index contributed by atoms with van der Waals surface area (Å²) in [6.45, 7) is 5.23. The fraction of sp³-hybridized carbons (Fsp3) is 0.364. The number of para-hydroxylation sites is 1. The number of nitrogens with zero attached hydrogens (tertiary/aromatic N) is 2. The molecule has 2 aliphatic heterocycles. The number of H-pyrrole nitrogens is 1. The van der Waals surface area contributed by atoms with E-state index in [0.717, 1.165) is 46.6 Å². The number of carbonyl (C=O) groups excluding carboxylic acids is 1. The summed E-state index contributed by atoms with van der Waals surface area (Å²) in [6, 6.07) is 8.50. The molecule has 2 fully saturated rings. The van der Waals surface area contributed by atoms with E-state index in [1.165, 1.54) is 12.0 Å². The van der Waals surface area contributed by atoms with Crippen LogP contribution in [0.1, 0.15) is 18.9 Å². The summed E-state index contributed by atoms with van der Waals surface area (Å²) in [7, 11) is 0. The van der Waals surface area contributed by atoms with Crippen LogP contribution in [0.15, 0.2) is 36.7 Å². The topological polar surface area (TPSA) is 73.1 Å². The van der Waals surface area contributed by atoms with Crippen molar-refractivity contribution in [2.75, 3.05) is 36.4 Å². The predicted octanol–water partition coefficient (Wildman–Crippen LogP) is 2.87. The second-order valence-corrected chi connectivity index (χ2v) is 8.36. The third-order valence-electron chi connectivity index (χ3n) is 6.83. The lowest BCUT2D eigenvalue weighted by Crippen LogP contribution is -2.48. The van der Waals surface area contributed by atoms with Crippen molar-refractivity contribution in [3.05, 3.63) is 42.2 Å². The van der Waals surface area contributed by atoms with Gasteiger partial charge in [0.1, 0.15) is 5.82 Å². The van der Waals surface area contributed by atoms with Gasteiger partial charge in [-0.2, -0.15) is 0 Å². The number of amides is 1. The molecule has 1 aliphatic carbocycles. The van der Waals surface area contributed by atoms with Crippen molar-refractivity contribution in [1.82, 2.24) is 15.3 Å². The van der Waals surface area contributed by atoms with Crippen molar-refractivity contribution < 1.29 is 4.79 Å². The van der Waals surface area contributed by atoms with E-state index in [2.05, 4.69) is 40.9 Å². The van der Waals surface area contributed by atoms with Crippen LogP contribution in [0.25, 0.3) is 22.0 Å². The van der Waals surface area contributed by atoms with E-state index in [-0.39, 0.29) is 11.3 Å². The Morgan fingerprint density at radius 3 is 3.04 bits per heavy atom. The number of nitrogens with one attached hydrogen (secondary N) is 3. The molecule has 2 atom stereocenters. The largest absolute Gasteiger partial charge is 0.369 e. The zero-order valence-corrected chi connectivity index (χ0v) is 15.9. The third-order valence-corrected chi connectivity index (χ3v) is 6.83. The van der Waals surface area contributed by atoms with Gasteiger partial charge in [0, 0.05) is 59.5 Å². The van der Waals surface area contributed by atoms with Crippen LogP contribution in [0, 0.1) is 5.92 Å². The van der Waals surface area contributed by atoms with Gasteiger partial charge in [0.15, 0.2) is 0 Å². The van der Waals surface area contributed by atoms with Gasteiger partial charge in [0.05, 0.1) is 17.7 Å². The number of aromatic amines is 1. The Morgan fingerprint density at radius 2 is 2.21 bits per heavy atom. The van der Waals surface area contributed by atoms with E-state index < -0.39 is 0 Å². The van der Waals surface area contributed by atoms with E-state index in [1.807, 2.05) is 23.2 Å². The van der Waals surface area contributed by atoms with E-state index in [9.17, 15) is 4.79 Å². The van der Waals surface area contributed by atoms with Gasteiger partial charge in [0.2, 0.25) is 5.91 Å². The molecule has 4 heterocycles. The van der Waals surface area contributed by atoms with E-state index >= 15 is 0 Å². The number of aromatic nitrogens is 2. The van der Waals surface area contributed by atoms with Crippen LogP contribution < -0.4 is 15.5 Å². The molecule has 1 saturated carbocycles. The average Bonchev–Trinajstić information content (AvgIpc) is 3.04. The summed E-state index contributed by atoms with van der Waals surface area (Å²) in [5.74, 6) is 1.87. The van der Waals surface area contributed by atoms with Crippen LogP contribution in [0.5, 0.6) is 0 Å². The van der Waals surface area contributed by atoms with Gasteiger partial charge < -0.3 is 20.5 Å². The molecular formula is C22H23N5O. The average molecular weight is 373 g/mol. The second-order valence-electron chi connectivity index (χ2n) is 8.36. The van der Waals surface area contributed by atoms with Crippen LogP contribution in [-0.4, -0.2) is 42.1 Å². The van der Waals surface area contributed by atoms with Crippen LogP contribution in [0.3, 0.4) is 0 Å². The molecule has 3 aromatic rings. The fourth-order valence-electron chi connectivity index (χ4n) is 5.04. The quantitative estimate of drug-likeness (QED) is 0.646. The summed E-state index contributed by atoms with van der Waals surface area (Å²) in [5, 5.41) is 7.75. The lowest BCUT2D eigenvalue weighted by molar-refractivity contribution is -0.118. The molecule has 6 heteroatoms. The normalized spacial score (nSPS) is 26.0. The SMILES string of the molecule is C[C@H]1C[C@@]12CNc1ncc(-c3c[nH]c4c(N5CCNCC5=O)cccc34)cc12. The number of pyridine rings is 1. The Morgan fingerprint density at radius 1 is 1.32 bits per heavy atom. The summed E-state index contributed by atoms with van der Waals surface area (Å²) in [5.41, 5.74) is 5.89. The van der Waals surface area contributed by atoms with Crippen molar-refractivity contribution in [2.24, 2.45) is 5.92 Å². The molecule has 0 radical (unpaired) electrons. The second kappa shape index (κ2) is 5.58. The number of hydrogen-bond donors (Lipinski definition) is 3. The summed E-state index contributed by atoms with van der Waals surface area (Å²) in [4.78, 5) is 22.4. The summed E-state index contributed by atoms with van der Waals surface area (Å²) in [6.07, 6.45) is 5.25. The van der Waals surface area contributed by atoms with Crippen LogP contribution in [0.2, 0.25) is 0 Å². The van der Waals surface area contributed by atoms with Gasteiger partial charge in [-0.15, -0.1) is 0 Å².